The van der Waals surface area contributed by atoms with E-state index in [4.69, 9.17) is 0 Å². The Balaban J connectivity index is 1.38. The van der Waals surface area contributed by atoms with Gasteiger partial charge in [0.25, 0.3) is 0 Å². The number of nitrogens with one attached hydrogen (secondary N) is 3. The van der Waals surface area contributed by atoms with Crippen molar-refractivity contribution in [3.05, 3.63) is 59.4 Å². The molecule has 0 saturated heterocycles. The summed E-state index contributed by atoms with van der Waals surface area (Å²) in [5, 5.41) is 8.30. The predicted octanol–water partition coefficient (Wildman–Crippen LogP) is 2.92. The van der Waals surface area contributed by atoms with Crippen LogP contribution in [0.4, 0.5) is 15.8 Å². The fourth-order valence-electron chi connectivity index (χ4n) is 3.28. The second-order valence-electron chi connectivity index (χ2n) is 7.21. The lowest BCUT2D eigenvalue weighted by Gasteiger charge is -2.25. The number of carbonyl (C=O) groups excluding carboxylic acids is 3. The molecule has 1 saturated carbocycles. The third-order valence-corrected chi connectivity index (χ3v) is 5.01. The average molecular weight is 381 g/mol. The molecule has 0 aromatic heterocycles. The first-order chi connectivity index (χ1) is 13.5. The predicted molar refractivity (Wildman–Crippen MR) is 102 cm³/mol. The normalized spacial score (nSPS) is 18.0. The molecule has 28 heavy (non-hydrogen) atoms. The number of fused-ring (bicyclic) bond motifs is 1. The monoisotopic (exact) mass is 381 g/mol. The molecule has 2 aliphatic rings. The maximum atomic E-state index is 13.4. The summed E-state index contributed by atoms with van der Waals surface area (Å²) in [7, 11) is 0. The van der Waals surface area contributed by atoms with E-state index in [0.717, 1.165) is 24.1 Å². The number of hydrogen-bond acceptors (Lipinski definition) is 3. The Labute approximate surface area is 161 Å². The summed E-state index contributed by atoms with van der Waals surface area (Å²) in [5.74, 6) is -1.52. The van der Waals surface area contributed by atoms with Crippen molar-refractivity contribution in [2.24, 2.45) is 5.92 Å². The molecule has 2 aromatic rings. The Kier molecular flexibility index (Phi) is 4.81. The minimum Gasteiger partial charge on any atom is -0.351 e. The highest BCUT2D eigenvalue weighted by atomic mass is 19.1. The second-order valence-corrected chi connectivity index (χ2v) is 7.21. The average Bonchev–Trinajstić information content (AvgIpc) is 3.51. The topological polar surface area (TPSA) is 87.3 Å². The Morgan fingerprint density at radius 1 is 1.07 bits per heavy atom. The summed E-state index contributed by atoms with van der Waals surface area (Å²) >= 11 is 0. The molecule has 1 aliphatic carbocycles. The van der Waals surface area contributed by atoms with Gasteiger partial charge in [-0.3, -0.25) is 14.4 Å². The molecule has 7 heteroatoms. The zero-order valence-corrected chi connectivity index (χ0v) is 15.1. The van der Waals surface area contributed by atoms with Gasteiger partial charge >= 0.3 is 0 Å². The molecule has 6 nitrogen and oxygen atoms in total. The van der Waals surface area contributed by atoms with Crippen molar-refractivity contribution in [1.82, 2.24) is 5.32 Å². The van der Waals surface area contributed by atoms with E-state index >= 15 is 0 Å². The van der Waals surface area contributed by atoms with Gasteiger partial charge in [-0.15, -0.1) is 0 Å². The van der Waals surface area contributed by atoms with Crippen LogP contribution in [0, 0.1) is 11.7 Å². The molecule has 3 amide bonds. The number of amides is 3. The Morgan fingerprint density at radius 3 is 2.54 bits per heavy atom. The summed E-state index contributed by atoms with van der Waals surface area (Å²) in [6.45, 7) is 0.296. The molecule has 1 atom stereocenters. The largest absolute Gasteiger partial charge is 0.351 e. The van der Waals surface area contributed by atoms with Crippen LogP contribution in [0.2, 0.25) is 0 Å². The van der Waals surface area contributed by atoms with E-state index in [-0.39, 0.29) is 30.1 Å². The fraction of sp³-hybridized carbons (Fsp3) is 0.286. The van der Waals surface area contributed by atoms with E-state index < -0.39 is 11.7 Å². The van der Waals surface area contributed by atoms with Gasteiger partial charge < -0.3 is 16.0 Å². The first kappa shape index (κ1) is 18.2. The van der Waals surface area contributed by atoms with Crippen LogP contribution in [0.5, 0.6) is 0 Å². The molecule has 0 radical (unpaired) electrons. The van der Waals surface area contributed by atoms with Crippen LogP contribution in [-0.2, 0) is 20.9 Å². The number of rotatable bonds is 5. The smallest absolute Gasteiger partial charge is 0.228 e. The molecule has 1 heterocycles. The van der Waals surface area contributed by atoms with Crippen molar-refractivity contribution < 1.29 is 18.8 Å². The maximum absolute atomic E-state index is 13.4. The van der Waals surface area contributed by atoms with E-state index in [1.54, 1.807) is 12.1 Å². The highest BCUT2D eigenvalue weighted by molar-refractivity contribution is 6.01. The van der Waals surface area contributed by atoms with Crippen molar-refractivity contribution in [3.63, 3.8) is 0 Å². The van der Waals surface area contributed by atoms with Crippen LogP contribution in [-0.4, -0.2) is 17.7 Å². The summed E-state index contributed by atoms with van der Waals surface area (Å²) in [4.78, 5) is 36.2. The standard InChI is InChI=1S/C21H20FN3O3/c22-14-5-8-16-17(10-19(26)25-18(16)9-14)21(28)23-11-12-1-6-15(7-2-12)24-20(27)13-3-4-13/h1-2,5-9,13,17H,3-4,10-11H2,(H,23,28)(H,24,27)(H,25,26). The van der Waals surface area contributed by atoms with Gasteiger partial charge in [-0.25, -0.2) is 4.39 Å². The van der Waals surface area contributed by atoms with E-state index in [2.05, 4.69) is 16.0 Å². The third kappa shape index (κ3) is 4.03. The quantitative estimate of drug-likeness (QED) is 0.744. The molecule has 4 rings (SSSR count). The summed E-state index contributed by atoms with van der Waals surface area (Å²) in [6, 6.07) is 11.3. The van der Waals surface area contributed by atoms with Crippen LogP contribution in [0.15, 0.2) is 42.5 Å². The molecule has 0 spiro atoms. The van der Waals surface area contributed by atoms with E-state index in [1.807, 2.05) is 12.1 Å². The third-order valence-electron chi connectivity index (χ3n) is 5.01. The molecular formula is C21H20FN3O3. The number of carbonyl (C=O) groups is 3. The van der Waals surface area contributed by atoms with Crippen molar-refractivity contribution in [2.75, 3.05) is 10.6 Å². The number of halogens is 1. The molecule has 0 bridgehead atoms. The Morgan fingerprint density at radius 2 is 1.82 bits per heavy atom. The maximum Gasteiger partial charge on any atom is 0.228 e. The Bertz CT molecular complexity index is 938. The molecule has 2 aromatic carbocycles. The van der Waals surface area contributed by atoms with E-state index in [9.17, 15) is 18.8 Å². The highest BCUT2D eigenvalue weighted by Gasteiger charge is 2.31. The Hall–Kier alpha value is -3.22. The molecule has 1 fully saturated rings. The van der Waals surface area contributed by atoms with Crippen molar-refractivity contribution >= 4 is 29.1 Å². The molecule has 1 aliphatic heterocycles. The van der Waals surface area contributed by atoms with Gasteiger partial charge in [0.2, 0.25) is 17.7 Å². The van der Waals surface area contributed by atoms with Crippen molar-refractivity contribution in [2.45, 2.75) is 31.7 Å². The molecule has 1 unspecified atom stereocenters. The lowest BCUT2D eigenvalue weighted by atomic mass is 9.89. The van der Waals surface area contributed by atoms with E-state index in [0.29, 0.717) is 17.8 Å². The zero-order chi connectivity index (χ0) is 19.7. The van der Waals surface area contributed by atoms with Crippen molar-refractivity contribution in [3.8, 4) is 0 Å². The second kappa shape index (κ2) is 7.42. The summed E-state index contributed by atoms with van der Waals surface area (Å²) < 4.78 is 13.4. The lowest BCUT2D eigenvalue weighted by molar-refractivity contribution is -0.126. The number of benzene rings is 2. The van der Waals surface area contributed by atoms with Crippen LogP contribution < -0.4 is 16.0 Å². The SMILES string of the molecule is O=C1CC(C(=O)NCc2ccc(NC(=O)C3CC3)cc2)c2ccc(F)cc2N1. The first-order valence-electron chi connectivity index (χ1n) is 9.26. The number of anilines is 2. The van der Waals surface area contributed by atoms with Gasteiger partial charge in [-0.1, -0.05) is 18.2 Å². The first-order valence-corrected chi connectivity index (χ1v) is 9.26. The van der Waals surface area contributed by atoms with Gasteiger partial charge in [0, 0.05) is 30.3 Å². The van der Waals surface area contributed by atoms with Crippen LogP contribution >= 0.6 is 0 Å². The highest BCUT2D eigenvalue weighted by Crippen LogP contribution is 2.33. The lowest BCUT2D eigenvalue weighted by Crippen LogP contribution is -2.34. The molecule has 144 valence electrons. The van der Waals surface area contributed by atoms with Crippen LogP contribution in [0.3, 0.4) is 0 Å². The van der Waals surface area contributed by atoms with E-state index in [1.165, 1.54) is 18.2 Å². The minimum absolute atomic E-state index is 0.0244. The molecular weight excluding hydrogens is 361 g/mol. The fourth-order valence-corrected chi connectivity index (χ4v) is 3.28. The van der Waals surface area contributed by atoms with Crippen molar-refractivity contribution in [1.29, 1.82) is 0 Å². The van der Waals surface area contributed by atoms with Gasteiger partial charge in [-0.05, 0) is 48.2 Å². The van der Waals surface area contributed by atoms with Crippen LogP contribution in [0.1, 0.15) is 36.3 Å². The zero-order valence-electron chi connectivity index (χ0n) is 15.1. The summed E-state index contributed by atoms with van der Waals surface area (Å²) in [5.41, 5.74) is 2.55. The van der Waals surface area contributed by atoms with Gasteiger partial charge in [0.1, 0.15) is 5.82 Å². The molecule has 3 N–H and O–H groups in total. The van der Waals surface area contributed by atoms with Gasteiger partial charge in [-0.2, -0.15) is 0 Å². The number of hydrogen-bond donors (Lipinski definition) is 3. The van der Waals surface area contributed by atoms with Crippen LogP contribution in [0.25, 0.3) is 0 Å². The minimum atomic E-state index is -0.651. The van der Waals surface area contributed by atoms with Gasteiger partial charge in [0.15, 0.2) is 0 Å². The summed E-state index contributed by atoms with van der Waals surface area (Å²) in [6.07, 6.45) is 1.92. The van der Waals surface area contributed by atoms with Gasteiger partial charge in [0.05, 0.1) is 5.92 Å².